The van der Waals surface area contributed by atoms with E-state index in [9.17, 15) is 14.4 Å². The van der Waals surface area contributed by atoms with Gasteiger partial charge in [-0.2, -0.15) is 5.01 Å². The van der Waals surface area contributed by atoms with Crippen molar-refractivity contribution in [3.05, 3.63) is 96.1 Å². The van der Waals surface area contributed by atoms with E-state index in [1.165, 1.54) is 18.9 Å². The summed E-state index contributed by atoms with van der Waals surface area (Å²) < 4.78 is 5.24. The Kier molecular flexibility index (Phi) is 6.37. The van der Waals surface area contributed by atoms with Crippen molar-refractivity contribution in [2.75, 3.05) is 7.11 Å². The number of nitrogens with one attached hydrogen (secondary N) is 2. The first-order valence-corrected chi connectivity index (χ1v) is 11.2. The second-order valence-electron chi connectivity index (χ2n) is 7.63. The lowest BCUT2D eigenvalue weighted by molar-refractivity contribution is -0.138. The van der Waals surface area contributed by atoms with E-state index in [0.29, 0.717) is 11.3 Å². The third-order valence-electron chi connectivity index (χ3n) is 5.40. The summed E-state index contributed by atoms with van der Waals surface area (Å²) in [6, 6.07) is 24.9. The quantitative estimate of drug-likeness (QED) is 0.410. The number of imide groups is 1. The number of hydrazine groups is 1. The molecule has 8 heteroatoms. The molecular formula is C25H23N3O4S. The average molecular weight is 462 g/mol. The zero-order chi connectivity index (χ0) is 23.4. The highest BCUT2D eigenvalue weighted by Gasteiger charge is 2.50. The number of carbonyl (C=O) groups excluding carboxylic acids is 3. The van der Waals surface area contributed by atoms with Crippen molar-refractivity contribution in [3.8, 4) is 5.75 Å². The van der Waals surface area contributed by atoms with Gasteiger partial charge in [0, 0.05) is 4.90 Å². The molecule has 1 aliphatic heterocycles. The highest BCUT2D eigenvalue weighted by atomic mass is 32.2. The highest BCUT2D eigenvalue weighted by molar-refractivity contribution is 8.00. The van der Waals surface area contributed by atoms with Crippen LogP contribution in [0.5, 0.6) is 5.75 Å². The second-order valence-corrected chi connectivity index (χ2v) is 8.80. The first-order valence-electron chi connectivity index (χ1n) is 10.3. The Morgan fingerprint density at radius 2 is 1.67 bits per heavy atom. The zero-order valence-electron chi connectivity index (χ0n) is 18.1. The minimum atomic E-state index is -1.34. The molecule has 168 valence electrons. The van der Waals surface area contributed by atoms with E-state index in [4.69, 9.17) is 4.74 Å². The van der Waals surface area contributed by atoms with E-state index in [1.807, 2.05) is 60.7 Å². The molecule has 1 heterocycles. The topological polar surface area (TPSA) is 87.7 Å². The number of ether oxygens (including phenoxy) is 1. The lowest BCUT2D eigenvalue weighted by Gasteiger charge is -2.23. The maximum atomic E-state index is 13.3. The van der Waals surface area contributed by atoms with E-state index in [-0.39, 0.29) is 0 Å². The zero-order valence-corrected chi connectivity index (χ0v) is 19.0. The molecule has 2 N–H and O–H groups in total. The van der Waals surface area contributed by atoms with Crippen LogP contribution in [0.15, 0.2) is 89.8 Å². The fourth-order valence-corrected chi connectivity index (χ4v) is 4.61. The maximum Gasteiger partial charge on any atom is 0.344 e. The molecule has 0 bridgehead atoms. The Hall–Kier alpha value is -3.78. The first-order chi connectivity index (χ1) is 15.9. The van der Waals surface area contributed by atoms with E-state index in [0.717, 1.165) is 15.5 Å². The monoisotopic (exact) mass is 461 g/mol. The molecule has 7 nitrogen and oxygen atoms in total. The van der Waals surface area contributed by atoms with Gasteiger partial charge < -0.3 is 10.1 Å². The molecule has 0 aromatic heterocycles. The first kappa shape index (κ1) is 22.4. The number of nitrogens with zero attached hydrogens (tertiary/aromatic N) is 1. The van der Waals surface area contributed by atoms with Crippen LogP contribution in [0.25, 0.3) is 0 Å². The lowest BCUT2D eigenvalue weighted by Crippen LogP contribution is -2.49. The molecule has 33 heavy (non-hydrogen) atoms. The summed E-state index contributed by atoms with van der Waals surface area (Å²) in [6.45, 7) is 1.60. The molecule has 1 aliphatic rings. The Bertz CT molecular complexity index is 1170. The van der Waals surface area contributed by atoms with Gasteiger partial charge in [-0.25, -0.2) is 4.79 Å². The molecule has 0 unspecified atom stereocenters. The molecular weight excluding hydrogens is 438 g/mol. The number of benzene rings is 3. The van der Waals surface area contributed by atoms with E-state index in [2.05, 4.69) is 10.7 Å². The van der Waals surface area contributed by atoms with Crippen LogP contribution >= 0.6 is 11.8 Å². The highest BCUT2D eigenvalue weighted by Crippen LogP contribution is 2.36. The van der Waals surface area contributed by atoms with Crippen molar-refractivity contribution in [1.29, 1.82) is 0 Å². The molecule has 0 radical (unpaired) electrons. The molecule has 0 saturated carbocycles. The second kappa shape index (κ2) is 9.38. The van der Waals surface area contributed by atoms with Crippen LogP contribution in [-0.2, 0) is 15.1 Å². The summed E-state index contributed by atoms with van der Waals surface area (Å²) >= 11 is 1.34. The number of carbonyl (C=O) groups is 3. The number of hydrogen-bond donors (Lipinski definition) is 2. The Morgan fingerprint density at radius 1 is 1.00 bits per heavy atom. The maximum absolute atomic E-state index is 13.3. The van der Waals surface area contributed by atoms with Gasteiger partial charge in [-0.05, 0) is 42.3 Å². The van der Waals surface area contributed by atoms with Crippen molar-refractivity contribution in [3.63, 3.8) is 0 Å². The van der Waals surface area contributed by atoms with Crippen LogP contribution in [0.3, 0.4) is 0 Å². The van der Waals surface area contributed by atoms with Gasteiger partial charge in [-0.3, -0.25) is 15.0 Å². The standard InChI is InChI=1S/C25H23N3O4S/c1-25(18-12-9-13-19(16-18)32-2)23(30)28(24(31)26-25)27-22(29)21(17-10-5-3-6-11-17)33-20-14-7-4-8-15-20/h3-16,21H,1-2H3,(H,26,31)(H,27,29)/t21-,25+/m0/s1. The van der Waals surface area contributed by atoms with Gasteiger partial charge in [-0.15, -0.1) is 11.8 Å². The van der Waals surface area contributed by atoms with Gasteiger partial charge in [0.05, 0.1) is 7.11 Å². The number of amides is 4. The van der Waals surface area contributed by atoms with Crippen LogP contribution in [0.4, 0.5) is 4.79 Å². The molecule has 3 aromatic carbocycles. The summed E-state index contributed by atoms with van der Waals surface area (Å²) in [5.74, 6) is -0.499. The van der Waals surface area contributed by atoms with E-state index in [1.54, 1.807) is 31.2 Å². The van der Waals surface area contributed by atoms with Crippen molar-refractivity contribution in [2.24, 2.45) is 0 Å². The average Bonchev–Trinajstić information content (AvgIpc) is 3.07. The van der Waals surface area contributed by atoms with Crippen LogP contribution in [0.2, 0.25) is 0 Å². The number of urea groups is 1. The number of methoxy groups -OCH3 is 1. The van der Waals surface area contributed by atoms with Crippen LogP contribution in [-0.4, -0.2) is 30.0 Å². The predicted molar refractivity (Wildman–Crippen MR) is 125 cm³/mol. The Morgan fingerprint density at radius 3 is 2.33 bits per heavy atom. The van der Waals surface area contributed by atoms with Crippen LogP contribution in [0.1, 0.15) is 23.3 Å². The van der Waals surface area contributed by atoms with E-state index >= 15 is 0 Å². The number of hydrogen-bond acceptors (Lipinski definition) is 5. The molecule has 3 aromatic rings. The predicted octanol–water partition coefficient (Wildman–Crippen LogP) is 4.03. The van der Waals surface area contributed by atoms with Gasteiger partial charge in [0.15, 0.2) is 0 Å². The summed E-state index contributed by atoms with van der Waals surface area (Å²) in [6.07, 6.45) is 0. The molecule has 2 atom stereocenters. The van der Waals surface area contributed by atoms with Gasteiger partial charge in [0.1, 0.15) is 16.5 Å². The Labute approximate surface area is 196 Å². The summed E-state index contributed by atoms with van der Waals surface area (Å²) in [7, 11) is 1.52. The minimum absolute atomic E-state index is 0.478. The molecule has 0 spiro atoms. The largest absolute Gasteiger partial charge is 0.497 e. The Balaban J connectivity index is 1.59. The SMILES string of the molecule is COc1cccc([C@@]2(C)NC(=O)N(NC(=O)[C@@H](Sc3ccccc3)c3ccccc3)C2=O)c1. The molecule has 0 aliphatic carbocycles. The smallest absolute Gasteiger partial charge is 0.344 e. The fraction of sp³-hybridized carbons (Fsp3) is 0.160. The van der Waals surface area contributed by atoms with Crippen molar-refractivity contribution < 1.29 is 19.1 Å². The van der Waals surface area contributed by atoms with Gasteiger partial charge in [0.25, 0.3) is 11.8 Å². The summed E-state index contributed by atoms with van der Waals surface area (Å²) in [5, 5.41) is 2.78. The van der Waals surface area contributed by atoms with Crippen LogP contribution < -0.4 is 15.5 Å². The molecule has 1 fully saturated rings. The van der Waals surface area contributed by atoms with Crippen molar-refractivity contribution in [1.82, 2.24) is 15.8 Å². The van der Waals surface area contributed by atoms with Gasteiger partial charge >= 0.3 is 6.03 Å². The normalized spacial score (nSPS) is 18.5. The fourth-order valence-electron chi connectivity index (χ4n) is 3.58. The number of rotatable bonds is 7. The van der Waals surface area contributed by atoms with Crippen molar-refractivity contribution in [2.45, 2.75) is 22.6 Å². The lowest BCUT2D eigenvalue weighted by atomic mass is 9.92. The summed E-state index contributed by atoms with van der Waals surface area (Å²) in [4.78, 5) is 40.2. The molecule has 4 rings (SSSR count). The van der Waals surface area contributed by atoms with E-state index < -0.39 is 28.6 Å². The number of thioether (sulfide) groups is 1. The molecule has 1 saturated heterocycles. The minimum Gasteiger partial charge on any atom is -0.497 e. The van der Waals surface area contributed by atoms with Gasteiger partial charge in [-0.1, -0.05) is 60.7 Å². The van der Waals surface area contributed by atoms with Gasteiger partial charge in [0.2, 0.25) is 0 Å². The summed E-state index contributed by atoms with van der Waals surface area (Å²) in [5.41, 5.74) is 2.50. The van der Waals surface area contributed by atoms with Crippen molar-refractivity contribution >= 4 is 29.6 Å². The van der Waals surface area contributed by atoms with Crippen LogP contribution in [0, 0.1) is 0 Å². The third kappa shape index (κ3) is 4.56. The molecule has 4 amide bonds. The third-order valence-corrected chi connectivity index (χ3v) is 6.66.